The first-order valence-corrected chi connectivity index (χ1v) is 9.24. The van der Waals surface area contributed by atoms with Crippen molar-refractivity contribution in [1.29, 1.82) is 0 Å². The van der Waals surface area contributed by atoms with Gasteiger partial charge in [-0.3, -0.25) is 9.36 Å². The number of aliphatic hydroxyl groups excluding tert-OH is 2. The fraction of sp³-hybridized carbons (Fsp3) is 0.421. The Morgan fingerprint density at radius 1 is 1.40 bits per heavy atom. The van der Waals surface area contributed by atoms with Gasteiger partial charge in [0, 0.05) is 6.20 Å². The smallest absolute Gasteiger partial charge is 0.349 e. The first-order chi connectivity index (χ1) is 14.3. The summed E-state index contributed by atoms with van der Waals surface area (Å²) in [5, 5.41) is 23.2. The van der Waals surface area contributed by atoms with Crippen LogP contribution in [0.4, 0.5) is 10.2 Å². The lowest BCUT2D eigenvalue weighted by atomic mass is 9.98. The number of para-hydroxylation sites is 1. The van der Waals surface area contributed by atoms with E-state index in [0.717, 1.165) is 16.3 Å². The van der Waals surface area contributed by atoms with Gasteiger partial charge in [0.15, 0.2) is 18.2 Å². The highest BCUT2D eigenvalue weighted by Crippen LogP contribution is 2.18. The fourth-order valence-electron chi connectivity index (χ4n) is 3.08. The number of nitrogens with two attached hydrogens (primary N) is 1. The molecule has 1 aliphatic rings. The lowest BCUT2D eigenvalue weighted by Gasteiger charge is -2.38. The van der Waals surface area contributed by atoms with Crippen molar-refractivity contribution in [1.82, 2.24) is 14.9 Å². The van der Waals surface area contributed by atoms with E-state index in [4.69, 9.17) is 15.2 Å². The number of benzene rings is 1. The van der Waals surface area contributed by atoms with E-state index in [0.29, 0.717) is 5.75 Å². The molecule has 0 bridgehead atoms. The Morgan fingerprint density at radius 2 is 2.13 bits per heavy atom. The molecule has 0 aliphatic carbocycles. The molecule has 0 unspecified atom stereocenters. The van der Waals surface area contributed by atoms with Gasteiger partial charge in [0.05, 0.1) is 19.2 Å². The maximum Gasteiger partial charge on any atom is 0.349 e. The molecule has 2 aromatic rings. The summed E-state index contributed by atoms with van der Waals surface area (Å²) in [4.78, 5) is 27.3. The molecule has 1 aliphatic heterocycles. The fourth-order valence-corrected chi connectivity index (χ4v) is 3.08. The van der Waals surface area contributed by atoms with Crippen molar-refractivity contribution in [3.8, 4) is 5.75 Å². The first kappa shape index (κ1) is 21.7. The van der Waals surface area contributed by atoms with Crippen molar-refractivity contribution in [2.75, 3.05) is 18.9 Å². The van der Waals surface area contributed by atoms with Crippen LogP contribution in [-0.2, 0) is 16.1 Å². The van der Waals surface area contributed by atoms with Gasteiger partial charge < -0.3 is 30.7 Å². The summed E-state index contributed by atoms with van der Waals surface area (Å²) in [5.41, 5.74) is 5.29. The monoisotopic (exact) mass is 422 g/mol. The number of aliphatic hydroxyl groups is 2. The number of hydrogen-bond acceptors (Lipinski definition) is 8. The van der Waals surface area contributed by atoms with Crippen LogP contribution in [0.3, 0.4) is 0 Å². The summed E-state index contributed by atoms with van der Waals surface area (Å²) in [6, 6.07) is 6.31. The van der Waals surface area contributed by atoms with Gasteiger partial charge in [-0.15, -0.1) is 0 Å². The van der Waals surface area contributed by atoms with E-state index in [1.54, 1.807) is 12.1 Å². The van der Waals surface area contributed by atoms with Crippen LogP contribution < -0.4 is 21.5 Å². The Balaban J connectivity index is 1.55. The lowest BCUT2D eigenvalue weighted by Crippen LogP contribution is -2.60. The van der Waals surface area contributed by atoms with Crippen LogP contribution in [0.15, 0.2) is 35.3 Å². The van der Waals surface area contributed by atoms with Gasteiger partial charge in [0.1, 0.15) is 24.1 Å². The minimum atomic E-state index is -1.44. The lowest BCUT2D eigenvalue weighted by molar-refractivity contribution is -0.159. The Bertz CT molecular complexity index is 968. The van der Waals surface area contributed by atoms with Crippen LogP contribution in [-0.4, -0.2) is 63.2 Å². The third kappa shape index (κ3) is 4.93. The summed E-state index contributed by atoms with van der Waals surface area (Å²) in [6.07, 6.45) is -2.97. The summed E-state index contributed by atoms with van der Waals surface area (Å²) < 4.78 is 25.4. The number of nitrogens with one attached hydrogen (secondary N) is 1. The number of aryl methyl sites for hydroxylation is 1. The van der Waals surface area contributed by atoms with Crippen LogP contribution in [0.1, 0.15) is 5.56 Å². The zero-order valence-electron chi connectivity index (χ0n) is 16.2. The number of carbonyl (C=O) groups is 1. The average molecular weight is 422 g/mol. The molecule has 0 saturated carbocycles. The van der Waals surface area contributed by atoms with Crippen LogP contribution in [0.25, 0.3) is 0 Å². The van der Waals surface area contributed by atoms with Crippen LogP contribution in [0.5, 0.6) is 5.75 Å². The molecular formula is C19H23FN4O6. The third-order valence-electron chi connectivity index (χ3n) is 4.78. The number of hydrogen-bond donors (Lipinski definition) is 4. The maximum atomic E-state index is 13.6. The van der Waals surface area contributed by atoms with Crippen LogP contribution in [0.2, 0.25) is 0 Å². The molecule has 5 N–H and O–H groups in total. The summed E-state index contributed by atoms with van der Waals surface area (Å²) in [5.74, 6) is -1.36. The molecule has 2 heterocycles. The van der Waals surface area contributed by atoms with Crippen molar-refractivity contribution in [2.24, 2.45) is 0 Å². The normalized spacial score (nSPS) is 23.7. The summed E-state index contributed by atoms with van der Waals surface area (Å²) in [6.45, 7) is 1.19. The maximum absolute atomic E-state index is 13.6. The second-order valence-corrected chi connectivity index (χ2v) is 6.99. The van der Waals surface area contributed by atoms with E-state index in [2.05, 4.69) is 10.3 Å². The number of carbonyl (C=O) groups excluding carboxylic acids is 1. The Hall–Kier alpha value is -3.02. The van der Waals surface area contributed by atoms with E-state index < -0.39 is 47.6 Å². The highest BCUT2D eigenvalue weighted by atomic mass is 19.1. The molecule has 1 saturated heterocycles. The Kier molecular flexibility index (Phi) is 6.65. The van der Waals surface area contributed by atoms with Gasteiger partial charge in [-0.25, -0.2) is 9.18 Å². The molecule has 3 rings (SSSR count). The molecule has 1 amide bonds. The van der Waals surface area contributed by atoms with Gasteiger partial charge in [0.25, 0.3) is 5.91 Å². The predicted octanol–water partition coefficient (Wildman–Crippen LogP) is -1.04. The van der Waals surface area contributed by atoms with Gasteiger partial charge >= 0.3 is 5.69 Å². The number of aromatic nitrogens is 2. The number of amides is 1. The van der Waals surface area contributed by atoms with E-state index in [1.165, 1.54) is 0 Å². The molecule has 0 spiro atoms. The summed E-state index contributed by atoms with van der Waals surface area (Å²) >= 11 is 0. The highest BCUT2D eigenvalue weighted by Gasteiger charge is 2.39. The highest BCUT2D eigenvalue weighted by molar-refractivity contribution is 5.78. The largest absolute Gasteiger partial charge is 0.484 e. The van der Waals surface area contributed by atoms with Crippen molar-refractivity contribution < 1.29 is 28.9 Å². The molecule has 1 fully saturated rings. The molecule has 4 atom stereocenters. The predicted molar refractivity (Wildman–Crippen MR) is 103 cm³/mol. The topological polar surface area (TPSA) is 149 Å². The zero-order valence-corrected chi connectivity index (χ0v) is 16.2. The van der Waals surface area contributed by atoms with Crippen molar-refractivity contribution in [3.63, 3.8) is 0 Å². The van der Waals surface area contributed by atoms with E-state index in [-0.39, 0.29) is 19.8 Å². The minimum absolute atomic E-state index is 0.126. The molecule has 1 aromatic carbocycles. The van der Waals surface area contributed by atoms with Gasteiger partial charge in [-0.1, -0.05) is 18.2 Å². The zero-order chi connectivity index (χ0) is 21.8. The van der Waals surface area contributed by atoms with Crippen molar-refractivity contribution in [2.45, 2.75) is 37.8 Å². The van der Waals surface area contributed by atoms with Crippen molar-refractivity contribution >= 4 is 11.7 Å². The Labute approximate surface area is 171 Å². The quantitative estimate of drug-likeness (QED) is 0.461. The van der Waals surface area contributed by atoms with E-state index in [9.17, 15) is 24.2 Å². The standard InChI is InChI=1S/C19H23FN4O6/c1-10-4-2-3-5-13(10)30-9-15(25)22-12-8-29-14(17(27)16(12)26)7-24-6-11(20)18(21)23-19(24)28/h2-6,12,14,16-17,26-27H,7-9H2,1H3,(H,22,25)(H2,21,23,28)/t12-,14-,16+,17-/m1/s1. The molecular weight excluding hydrogens is 399 g/mol. The number of anilines is 1. The van der Waals surface area contributed by atoms with Crippen LogP contribution >= 0.6 is 0 Å². The second-order valence-electron chi connectivity index (χ2n) is 6.99. The first-order valence-electron chi connectivity index (χ1n) is 9.24. The average Bonchev–Trinajstić information content (AvgIpc) is 2.71. The SMILES string of the molecule is Cc1ccccc1OCC(=O)N[C@@H]1CO[C@H](Cn2cc(F)c(N)nc2=O)[C@@H](O)[C@H]1O. The Morgan fingerprint density at radius 3 is 2.87 bits per heavy atom. The number of nitrogen functional groups attached to an aromatic ring is 1. The molecule has 30 heavy (non-hydrogen) atoms. The minimum Gasteiger partial charge on any atom is -0.484 e. The third-order valence-corrected chi connectivity index (χ3v) is 4.78. The second kappa shape index (κ2) is 9.20. The van der Waals surface area contributed by atoms with Crippen molar-refractivity contribution in [3.05, 3.63) is 52.3 Å². The van der Waals surface area contributed by atoms with E-state index in [1.807, 2.05) is 19.1 Å². The number of nitrogens with zero attached hydrogens (tertiary/aromatic N) is 2. The number of ether oxygens (including phenoxy) is 2. The molecule has 11 heteroatoms. The van der Waals surface area contributed by atoms with Gasteiger partial charge in [-0.2, -0.15) is 4.98 Å². The number of rotatable bonds is 6. The van der Waals surface area contributed by atoms with Gasteiger partial charge in [0.2, 0.25) is 0 Å². The van der Waals surface area contributed by atoms with Crippen LogP contribution in [0, 0.1) is 12.7 Å². The molecule has 10 nitrogen and oxygen atoms in total. The number of halogens is 1. The molecule has 162 valence electrons. The van der Waals surface area contributed by atoms with E-state index >= 15 is 0 Å². The summed E-state index contributed by atoms with van der Waals surface area (Å²) in [7, 11) is 0. The molecule has 1 aromatic heterocycles. The van der Waals surface area contributed by atoms with Gasteiger partial charge in [-0.05, 0) is 18.6 Å². The molecule has 0 radical (unpaired) electrons.